The molecule has 0 fully saturated rings. The van der Waals surface area contributed by atoms with Gasteiger partial charge >= 0.3 is 0 Å². The van der Waals surface area contributed by atoms with Gasteiger partial charge in [-0.05, 0) is 27.2 Å². The van der Waals surface area contributed by atoms with Crippen LogP contribution in [0.15, 0.2) is 14.4 Å². The van der Waals surface area contributed by atoms with Crippen molar-refractivity contribution in [2.24, 2.45) is 5.92 Å². The summed E-state index contributed by atoms with van der Waals surface area (Å²) in [6.45, 7) is 7.62. The number of aromatic amines is 3. The van der Waals surface area contributed by atoms with Gasteiger partial charge in [0, 0.05) is 39.4 Å². The number of aromatic nitrogens is 6. The molecule has 6 rings (SSSR count). The largest absolute Gasteiger partial charge is 0.391 e. The molecule has 0 saturated heterocycles. The molecule has 0 radical (unpaired) electrons. The van der Waals surface area contributed by atoms with Gasteiger partial charge in [-0.2, -0.15) is 15.0 Å². The highest BCUT2D eigenvalue weighted by molar-refractivity contribution is 5.97. The second-order valence-electron chi connectivity index (χ2n) is 13.8. The van der Waals surface area contributed by atoms with Crippen LogP contribution in [-0.4, -0.2) is 141 Å². The van der Waals surface area contributed by atoms with E-state index in [0.29, 0.717) is 24.3 Å². The highest BCUT2D eigenvalue weighted by Gasteiger charge is 2.40. The zero-order valence-electron chi connectivity index (χ0n) is 31.7. The molecule has 18 N–H and O–H groups in total. The molecule has 3 unspecified atom stereocenters. The number of anilines is 8. The highest BCUT2D eigenvalue weighted by Crippen LogP contribution is 2.30. The van der Waals surface area contributed by atoms with E-state index in [0.717, 1.165) is 9.80 Å². The molecular formula is C33H54N14O11. The number of hydrogen-bond acceptors (Lipinski definition) is 20. The Morgan fingerprint density at radius 3 is 1.31 bits per heavy atom. The zero-order valence-corrected chi connectivity index (χ0v) is 31.7. The molecule has 2 amide bonds. The first-order valence-electron chi connectivity index (χ1n) is 17.7. The summed E-state index contributed by atoms with van der Waals surface area (Å²) < 4.78 is 0. The summed E-state index contributed by atoms with van der Waals surface area (Å²) in [5.41, 5.74) is 15.3. The van der Waals surface area contributed by atoms with E-state index in [4.69, 9.17) is 17.2 Å². The Balaban J connectivity index is 0.000000232. The van der Waals surface area contributed by atoms with Gasteiger partial charge in [0.25, 0.3) is 16.7 Å². The number of H-pyrrole nitrogens is 3. The number of aliphatic hydroxyl groups excluding tert-OH is 6. The van der Waals surface area contributed by atoms with Crippen molar-refractivity contribution < 1.29 is 40.2 Å². The molecule has 3 aromatic heterocycles. The number of rotatable bonds is 6. The summed E-state index contributed by atoms with van der Waals surface area (Å²) in [5, 5.41) is 66.7. The van der Waals surface area contributed by atoms with E-state index in [-0.39, 0.29) is 72.8 Å². The SMILES string of the molecule is C.CC(=O)N1c2c(nc(N)[nH]c2=O)NCC1[C@@H](O)[C@H](C)O.CC(=O)N1c2c(nc(N)[nH]c2=O)NCC1[C@@H](O)[C@H](C)O.C[C@H](O)[C@H](O)C1CNc2nc(N)[nH]c(=O)c2C1. The van der Waals surface area contributed by atoms with Crippen LogP contribution in [0.5, 0.6) is 0 Å². The number of hydrogen-bond donors (Lipinski definition) is 15. The lowest BCUT2D eigenvalue weighted by Crippen LogP contribution is -2.57. The second kappa shape index (κ2) is 19.1. The molecule has 6 heterocycles. The van der Waals surface area contributed by atoms with Crippen molar-refractivity contribution in [3.63, 3.8) is 0 Å². The normalized spacial score (nSPS) is 20.9. The minimum absolute atomic E-state index is 0. The molecule has 25 heteroatoms. The van der Waals surface area contributed by atoms with Gasteiger partial charge in [0.1, 0.15) is 18.0 Å². The lowest BCUT2D eigenvalue weighted by Gasteiger charge is -2.39. The van der Waals surface area contributed by atoms with Crippen LogP contribution < -0.4 is 59.6 Å². The molecule has 0 bridgehead atoms. The molecule has 322 valence electrons. The summed E-state index contributed by atoms with van der Waals surface area (Å²) in [4.78, 5) is 80.4. The standard InChI is InChI=1S/2C11H17N5O4.C10H16N4O3.CH4/c2*1-4(17)8(19)6-3-13-9-7(16(6)5(2)18)10(20)15-11(12)14-9;1-4(15)7(16)5-2-6-8(12-3-5)13-10(11)14-9(6)17;/h2*4,6,8,17,19H,3H2,1-2H3,(H4,12,13,14,15,20);4-5,7,15-16H,2-3H2,1H3,(H4,11,12,13,14,17);1H4/t2*4-,6?,8-;4-,5?,7-;/m000./s1. The van der Waals surface area contributed by atoms with E-state index in [9.17, 15) is 54.6 Å². The number of aliphatic hydroxyl groups is 6. The third-order valence-corrected chi connectivity index (χ3v) is 9.39. The van der Waals surface area contributed by atoms with Crippen molar-refractivity contribution >= 4 is 58.5 Å². The van der Waals surface area contributed by atoms with Crippen molar-refractivity contribution in [1.29, 1.82) is 0 Å². The Hall–Kier alpha value is -5.86. The van der Waals surface area contributed by atoms with Crippen LogP contribution in [0.3, 0.4) is 0 Å². The molecule has 58 heavy (non-hydrogen) atoms. The number of carbonyl (C=O) groups excluding carboxylic acids is 2. The fourth-order valence-corrected chi connectivity index (χ4v) is 6.60. The maximum atomic E-state index is 12.0. The number of amides is 2. The zero-order chi connectivity index (χ0) is 42.6. The summed E-state index contributed by atoms with van der Waals surface area (Å²) >= 11 is 0. The minimum atomic E-state index is -1.20. The first-order valence-corrected chi connectivity index (χ1v) is 17.7. The van der Waals surface area contributed by atoms with Crippen molar-refractivity contribution in [1.82, 2.24) is 29.9 Å². The Kier molecular flexibility index (Phi) is 15.3. The van der Waals surface area contributed by atoms with Gasteiger partial charge in [-0.1, -0.05) is 7.43 Å². The van der Waals surface area contributed by atoms with E-state index < -0.39 is 71.6 Å². The van der Waals surface area contributed by atoms with Crippen LogP contribution in [0.25, 0.3) is 0 Å². The molecule has 3 aliphatic heterocycles. The van der Waals surface area contributed by atoms with E-state index in [1.165, 1.54) is 34.6 Å². The molecule has 3 aromatic rings. The van der Waals surface area contributed by atoms with Crippen LogP contribution >= 0.6 is 0 Å². The molecule has 25 nitrogen and oxygen atoms in total. The molecule has 9 atom stereocenters. The topological polar surface area (TPSA) is 413 Å². The van der Waals surface area contributed by atoms with Crippen molar-refractivity contribution in [3.05, 3.63) is 36.6 Å². The van der Waals surface area contributed by atoms with Crippen molar-refractivity contribution in [2.75, 3.05) is 62.6 Å². The fraction of sp³-hybridized carbons (Fsp3) is 0.576. The maximum Gasteiger partial charge on any atom is 0.278 e. The number of carbonyl (C=O) groups is 2. The van der Waals surface area contributed by atoms with E-state index in [2.05, 4.69) is 45.9 Å². The van der Waals surface area contributed by atoms with Gasteiger partial charge in [-0.25, -0.2) is 0 Å². The monoisotopic (exact) mass is 822 g/mol. The van der Waals surface area contributed by atoms with Crippen molar-refractivity contribution in [2.45, 2.75) is 97.2 Å². The van der Waals surface area contributed by atoms with Crippen LogP contribution in [0, 0.1) is 5.92 Å². The van der Waals surface area contributed by atoms with E-state index in [1.807, 2.05) is 0 Å². The Labute approximate surface area is 330 Å². The fourth-order valence-electron chi connectivity index (χ4n) is 6.60. The molecule has 0 aromatic carbocycles. The minimum Gasteiger partial charge on any atom is -0.391 e. The molecule has 3 aliphatic rings. The predicted octanol–water partition coefficient (Wildman–Crippen LogP) is -4.20. The smallest absolute Gasteiger partial charge is 0.278 e. The van der Waals surface area contributed by atoms with Gasteiger partial charge in [-0.15, -0.1) is 0 Å². The molecular weight excluding hydrogens is 768 g/mol. The number of fused-ring (bicyclic) bond motifs is 3. The average molecular weight is 823 g/mol. The first kappa shape index (κ1) is 46.5. The summed E-state index contributed by atoms with van der Waals surface area (Å²) in [6.07, 6.45) is -5.82. The number of nitrogens with one attached hydrogen (secondary N) is 6. The van der Waals surface area contributed by atoms with E-state index >= 15 is 0 Å². The summed E-state index contributed by atoms with van der Waals surface area (Å²) in [6, 6.07) is -1.54. The Morgan fingerprint density at radius 1 is 0.603 bits per heavy atom. The van der Waals surface area contributed by atoms with Crippen LogP contribution in [-0.2, 0) is 16.0 Å². The first-order chi connectivity index (χ1) is 26.6. The lowest BCUT2D eigenvalue weighted by molar-refractivity contribution is -0.118. The van der Waals surface area contributed by atoms with Gasteiger partial charge < -0.3 is 63.8 Å². The van der Waals surface area contributed by atoms with E-state index in [1.54, 1.807) is 0 Å². The van der Waals surface area contributed by atoms with Gasteiger partial charge in [0.05, 0.1) is 42.1 Å². The molecule has 0 aliphatic carbocycles. The second-order valence-corrected chi connectivity index (χ2v) is 13.8. The molecule has 0 saturated carbocycles. The summed E-state index contributed by atoms with van der Waals surface area (Å²) in [5.74, 6) is -0.348. The van der Waals surface area contributed by atoms with Gasteiger partial charge in [-0.3, -0.25) is 48.7 Å². The summed E-state index contributed by atoms with van der Waals surface area (Å²) in [7, 11) is 0. The van der Waals surface area contributed by atoms with Crippen LogP contribution in [0.4, 0.5) is 46.7 Å². The third-order valence-electron chi connectivity index (χ3n) is 9.39. The quantitative estimate of drug-likeness (QED) is 0.112. The van der Waals surface area contributed by atoms with Gasteiger partial charge in [0.2, 0.25) is 29.7 Å². The maximum absolute atomic E-state index is 12.0. The predicted molar refractivity (Wildman–Crippen MR) is 214 cm³/mol. The van der Waals surface area contributed by atoms with Gasteiger partial charge in [0.15, 0.2) is 23.0 Å². The molecule has 0 spiro atoms. The Morgan fingerprint density at radius 2 is 0.948 bits per heavy atom. The number of nitrogens with zero attached hydrogens (tertiary/aromatic N) is 5. The van der Waals surface area contributed by atoms with Crippen LogP contribution in [0.2, 0.25) is 0 Å². The lowest BCUT2D eigenvalue weighted by atomic mass is 9.89. The van der Waals surface area contributed by atoms with Crippen molar-refractivity contribution in [3.8, 4) is 0 Å². The third kappa shape index (κ3) is 10.2. The number of nitrogens with two attached hydrogens (primary N) is 3. The van der Waals surface area contributed by atoms with Crippen LogP contribution in [0.1, 0.15) is 47.6 Å². The average Bonchev–Trinajstić information content (AvgIpc) is 3.12. The Bertz CT molecular complexity index is 2000. The highest BCUT2D eigenvalue weighted by atomic mass is 16.3. The number of nitrogen functional groups attached to an aromatic ring is 3.